The van der Waals surface area contributed by atoms with Crippen LogP contribution in [0.3, 0.4) is 0 Å². The molecule has 0 saturated carbocycles. The first-order chi connectivity index (χ1) is 7.24. The van der Waals surface area contributed by atoms with Gasteiger partial charge in [0.1, 0.15) is 5.75 Å². The maximum atomic E-state index is 11.1. The molecule has 16 heavy (non-hydrogen) atoms. The molecule has 1 unspecified atom stereocenters. The Morgan fingerprint density at radius 3 is 2.12 bits per heavy atom. The number of benzene rings is 1. The minimum absolute atomic E-state index is 0.0293. The van der Waals surface area contributed by atoms with Crippen molar-refractivity contribution in [2.45, 2.75) is 26.2 Å². The van der Waals surface area contributed by atoms with Crippen LogP contribution in [0.5, 0.6) is 5.75 Å². The highest BCUT2D eigenvalue weighted by atomic mass is 32.1. The van der Waals surface area contributed by atoms with Gasteiger partial charge < -0.3 is 4.52 Å². The van der Waals surface area contributed by atoms with Gasteiger partial charge in [0, 0.05) is 0 Å². The van der Waals surface area contributed by atoms with Crippen molar-refractivity contribution < 1.29 is 18.0 Å². The second kappa shape index (κ2) is 4.80. The molecule has 4 nitrogen and oxygen atoms in total. The van der Waals surface area contributed by atoms with Crippen LogP contribution in [0.4, 0.5) is 0 Å². The van der Waals surface area contributed by atoms with Crippen LogP contribution in [0, 0.1) is 0 Å². The summed E-state index contributed by atoms with van der Waals surface area (Å²) < 4.78 is 19.8. The topological polar surface area (TPSA) is 55.8 Å². The quantitative estimate of drug-likeness (QED) is 0.498. The van der Waals surface area contributed by atoms with E-state index in [4.69, 9.17) is 9.42 Å². The third-order valence-corrected chi connectivity index (χ3v) is 3.31. The third kappa shape index (κ3) is 3.83. The van der Waals surface area contributed by atoms with Crippen molar-refractivity contribution in [2.24, 2.45) is 0 Å². The van der Waals surface area contributed by atoms with E-state index < -0.39 is 7.82 Å². The summed E-state index contributed by atoms with van der Waals surface area (Å²) in [5, 5.41) is 0. The maximum absolute atomic E-state index is 11.1. The van der Waals surface area contributed by atoms with Gasteiger partial charge in [0.15, 0.2) is 0 Å². The number of rotatable bonds is 3. The van der Waals surface area contributed by atoms with Gasteiger partial charge >= 0.3 is 7.82 Å². The highest BCUT2D eigenvalue weighted by Gasteiger charge is 2.21. The number of hydrogen-bond acceptors (Lipinski definition) is 4. The molecule has 0 radical (unpaired) electrons. The molecule has 1 aromatic rings. The lowest BCUT2D eigenvalue weighted by Gasteiger charge is -2.19. The molecule has 0 aliphatic heterocycles. The second-order valence-electron chi connectivity index (χ2n) is 4.42. The van der Waals surface area contributed by atoms with Crippen molar-refractivity contribution in [1.82, 2.24) is 0 Å². The average molecular weight is 262 g/mol. The SMILES string of the molecule is CC(C)(C)c1ccc(OP(=O)(O)OS)cc1. The van der Waals surface area contributed by atoms with Gasteiger partial charge in [-0.05, 0) is 36.0 Å². The van der Waals surface area contributed by atoms with Crippen LogP contribution in [0.25, 0.3) is 0 Å². The smallest absolute Gasteiger partial charge is 0.404 e. The lowest BCUT2D eigenvalue weighted by Crippen LogP contribution is -2.10. The molecule has 6 heteroatoms. The molecule has 0 amide bonds. The van der Waals surface area contributed by atoms with Crippen molar-refractivity contribution >= 4 is 20.7 Å². The average Bonchev–Trinajstić information content (AvgIpc) is 2.16. The van der Waals surface area contributed by atoms with Crippen LogP contribution in [0.15, 0.2) is 24.3 Å². The first-order valence-corrected chi connectivity index (χ1v) is 6.57. The summed E-state index contributed by atoms with van der Waals surface area (Å²) in [6, 6.07) is 6.92. The molecule has 1 atom stereocenters. The fourth-order valence-corrected chi connectivity index (χ4v) is 1.69. The summed E-state index contributed by atoms with van der Waals surface area (Å²) in [5.74, 6) is 0.271. The Bertz CT molecular complexity index is 396. The van der Waals surface area contributed by atoms with E-state index in [-0.39, 0.29) is 11.2 Å². The third-order valence-electron chi connectivity index (χ3n) is 2.04. The summed E-state index contributed by atoms with van der Waals surface area (Å²) >= 11 is 3.26. The minimum atomic E-state index is -4.09. The molecule has 0 heterocycles. The molecule has 0 aliphatic carbocycles. The highest BCUT2D eigenvalue weighted by molar-refractivity contribution is 7.80. The molecule has 0 bridgehead atoms. The predicted molar refractivity (Wildman–Crippen MR) is 65.7 cm³/mol. The zero-order valence-corrected chi connectivity index (χ0v) is 11.2. The van der Waals surface area contributed by atoms with Crippen LogP contribution in [-0.4, -0.2) is 4.89 Å². The minimum Gasteiger partial charge on any atom is -0.404 e. The number of thiol groups is 1. The maximum Gasteiger partial charge on any atom is 0.538 e. The van der Waals surface area contributed by atoms with Gasteiger partial charge in [-0.3, -0.25) is 4.89 Å². The van der Waals surface area contributed by atoms with E-state index in [1.807, 2.05) is 12.1 Å². The zero-order valence-electron chi connectivity index (χ0n) is 9.38. The Kier molecular flexibility index (Phi) is 4.07. The molecule has 0 aromatic heterocycles. The molecule has 1 aromatic carbocycles. The largest absolute Gasteiger partial charge is 0.538 e. The van der Waals surface area contributed by atoms with Gasteiger partial charge in [-0.15, -0.1) is 0 Å². The second-order valence-corrected chi connectivity index (χ2v) is 6.19. The monoisotopic (exact) mass is 262 g/mol. The molecule has 0 saturated heterocycles. The Morgan fingerprint density at radius 2 is 1.75 bits per heavy atom. The van der Waals surface area contributed by atoms with Crippen molar-refractivity contribution in [2.75, 3.05) is 0 Å². The van der Waals surface area contributed by atoms with Crippen LogP contribution in [0.2, 0.25) is 0 Å². The van der Waals surface area contributed by atoms with Crippen molar-refractivity contribution in [1.29, 1.82) is 0 Å². The van der Waals surface area contributed by atoms with E-state index in [1.165, 1.54) is 0 Å². The molecular weight excluding hydrogens is 247 g/mol. The molecule has 1 rings (SSSR count). The fraction of sp³-hybridized carbons (Fsp3) is 0.400. The Balaban J connectivity index is 2.84. The van der Waals surface area contributed by atoms with Crippen molar-refractivity contribution in [3.05, 3.63) is 29.8 Å². The number of phosphoric ester groups is 1. The summed E-state index contributed by atoms with van der Waals surface area (Å²) in [7, 11) is -4.09. The first kappa shape index (κ1) is 13.6. The van der Waals surface area contributed by atoms with Crippen LogP contribution < -0.4 is 4.52 Å². The van der Waals surface area contributed by atoms with Gasteiger partial charge in [0.05, 0.1) is 0 Å². The summed E-state index contributed by atoms with van der Waals surface area (Å²) in [4.78, 5) is 9.04. The van der Waals surface area contributed by atoms with E-state index in [1.54, 1.807) is 12.1 Å². The van der Waals surface area contributed by atoms with Gasteiger partial charge in [-0.2, -0.15) is 0 Å². The Labute approximate surface area is 101 Å². The summed E-state index contributed by atoms with van der Waals surface area (Å²) in [6.45, 7) is 6.24. The van der Waals surface area contributed by atoms with Crippen LogP contribution >= 0.6 is 20.7 Å². The summed E-state index contributed by atoms with van der Waals surface area (Å²) in [5.41, 5.74) is 1.14. The van der Waals surface area contributed by atoms with Gasteiger partial charge in [-0.25, -0.2) is 8.54 Å². The predicted octanol–water partition coefficient (Wildman–Crippen LogP) is 3.32. The molecule has 0 spiro atoms. The molecular formula is C10H15O4PS. The molecule has 0 aliphatic rings. The van der Waals surface area contributed by atoms with E-state index in [0.717, 1.165) is 5.56 Å². The Morgan fingerprint density at radius 1 is 1.25 bits per heavy atom. The van der Waals surface area contributed by atoms with Crippen molar-refractivity contribution in [3.63, 3.8) is 0 Å². The van der Waals surface area contributed by atoms with Gasteiger partial charge in [0.2, 0.25) is 0 Å². The first-order valence-electron chi connectivity index (χ1n) is 4.71. The fourth-order valence-electron chi connectivity index (χ4n) is 1.17. The van der Waals surface area contributed by atoms with E-state index in [9.17, 15) is 4.57 Å². The standard InChI is InChI=1S/C10H15O4PS/c1-10(2,3)8-4-6-9(7-5-8)13-15(11,12)14-16/h4-7,16H,1-3H3,(H,11,12). The number of hydrogen-bond donors (Lipinski definition) is 2. The normalized spacial score (nSPS) is 15.6. The van der Waals surface area contributed by atoms with Crippen LogP contribution in [-0.2, 0) is 14.0 Å². The summed E-state index contributed by atoms with van der Waals surface area (Å²) in [6.07, 6.45) is 0. The highest BCUT2D eigenvalue weighted by Crippen LogP contribution is 2.44. The van der Waals surface area contributed by atoms with Crippen molar-refractivity contribution in [3.8, 4) is 5.75 Å². The molecule has 1 N–H and O–H groups in total. The molecule has 90 valence electrons. The number of phosphoric acid groups is 1. The lowest BCUT2D eigenvalue weighted by molar-refractivity contribution is 0.308. The van der Waals surface area contributed by atoms with E-state index >= 15 is 0 Å². The Hall–Kier alpha value is -0.480. The zero-order chi connectivity index (χ0) is 12.4. The van der Waals surface area contributed by atoms with Gasteiger partial charge in [0.25, 0.3) is 0 Å². The molecule has 0 fully saturated rings. The van der Waals surface area contributed by atoms with Gasteiger partial charge in [-0.1, -0.05) is 32.9 Å². The lowest BCUT2D eigenvalue weighted by atomic mass is 9.87. The van der Waals surface area contributed by atoms with E-state index in [0.29, 0.717) is 0 Å². The van der Waals surface area contributed by atoms with Crippen LogP contribution in [0.1, 0.15) is 26.3 Å². The van der Waals surface area contributed by atoms with E-state index in [2.05, 4.69) is 37.7 Å².